The molecule has 1 heterocycles. The Bertz CT molecular complexity index is 947. The van der Waals surface area contributed by atoms with E-state index < -0.39 is 0 Å². The minimum absolute atomic E-state index is 0.174. The first-order chi connectivity index (χ1) is 13.9. The SMILES string of the molecule is Cc1ccc(-c2nn(-c3ccc(F)cc3)cc2C(=O)NCCCOC(C)C)cc1. The molecule has 1 amide bonds. The average Bonchev–Trinajstić information content (AvgIpc) is 3.14. The zero-order valence-corrected chi connectivity index (χ0v) is 17.0. The van der Waals surface area contributed by atoms with Crippen LogP contribution in [0.4, 0.5) is 4.39 Å². The van der Waals surface area contributed by atoms with Crippen molar-refractivity contribution in [2.45, 2.75) is 33.3 Å². The Balaban J connectivity index is 1.84. The summed E-state index contributed by atoms with van der Waals surface area (Å²) in [7, 11) is 0. The van der Waals surface area contributed by atoms with E-state index in [-0.39, 0.29) is 17.8 Å². The lowest BCUT2D eigenvalue weighted by Gasteiger charge is -2.08. The molecule has 0 aliphatic heterocycles. The van der Waals surface area contributed by atoms with Crippen molar-refractivity contribution < 1.29 is 13.9 Å². The first kappa shape index (κ1) is 20.7. The van der Waals surface area contributed by atoms with Crippen molar-refractivity contribution in [3.8, 4) is 16.9 Å². The van der Waals surface area contributed by atoms with Crippen LogP contribution >= 0.6 is 0 Å². The van der Waals surface area contributed by atoms with E-state index in [0.717, 1.165) is 17.5 Å². The van der Waals surface area contributed by atoms with Crippen LogP contribution in [0.1, 0.15) is 36.2 Å². The number of carbonyl (C=O) groups excluding carboxylic acids is 1. The minimum Gasteiger partial charge on any atom is -0.379 e. The molecule has 5 nitrogen and oxygen atoms in total. The van der Waals surface area contributed by atoms with Crippen LogP contribution in [0.2, 0.25) is 0 Å². The fourth-order valence-electron chi connectivity index (χ4n) is 2.88. The fraction of sp³-hybridized carbons (Fsp3) is 0.304. The molecule has 0 fully saturated rings. The first-order valence-electron chi connectivity index (χ1n) is 9.76. The number of rotatable bonds is 8. The van der Waals surface area contributed by atoms with Crippen LogP contribution in [0, 0.1) is 12.7 Å². The van der Waals surface area contributed by atoms with Gasteiger partial charge in [0, 0.05) is 24.9 Å². The van der Waals surface area contributed by atoms with Gasteiger partial charge in [-0.2, -0.15) is 5.10 Å². The molecule has 3 rings (SSSR count). The summed E-state index contributed by atoms with van der Waals surface area (Å²) >= 11 is 0. The number of ether oxygens (including phenoxy) is 1. The second-order valence-corrected chi connectivity index (χ2v) is 7.21. The number of hydrogen-bond acceptors (Lipinski definition) is 3. The summed E-state index contributed by atoms with van der Waals surface area (Å²) in [6, 6.07) is 13.9. The summed E-state index contributed by atoms with van der Waals surface area (Å²) in [5, 5.41) is 7.54. The lowest BCUT2D eigenvalue weighted by atomic mass is 10.1. The molecule has 29 heavy (non-hydrogen) atoms. The van der Waals surface area contributed by atoms with Crippen molar-refractivity contribution in [3.05, 3.63) is 71.7 Å². The predicted octanol–water partition coefficient (Wildman–Crippen LogP) is 4.53. The highest BCUT2D eigenvalue weighted by atomic mass is 19.1. The maximum absolute atomic E-state index is 13.3. The standard InChI is InChI=1S/C23H26FN3O2/c1-16(2)29-14-4-13-25-23(28)21-15-27(20-11-9-19(24)10-12-20)26-22(21)18-7-5-17(3)6-8-18/h5-12,15-16H,4,13-14H2,1-3H3,(H,25,28). The predicted molar refractivity (Wildman–Crippen MR) is 112 cm³/mol. The topological polar surface area (TPSA) is 56.2 Å². The van der Waals surface area contributed by atoms with Crippen LogP contribution in [0.25, 0.3) is 16.9 Å². The molecule has 0 saturated heterocycles. The number of aromatic nitrogens is 2. The van der Waals surface area contributed by atoms with Crippen LogP contribution in [0.15, 0.2) is 54.7 Å². The van der Waals surface area contributed by atoms with Gasteiger partial charge in [0.15, 0.2) is 0 Å². The molecule has 0 radical (unpaired) electrons. The van der Waals surface area contributed by atoms with Gasteiger partial charge >= 0.3 is 0 Å². The van der Waals surface area contributed by atoms with E-state index in [9.17, 15) is 9.18 Å². The van der Waals surface area contributed by atoms with Crippen molar-refractivity contribution in [3.63, 3.8) is 0 Å². The number of carbonyl (C=O) groups is 1. The Morgan fingerprint density at radius 1 is 1.14 bits per heavy atom. The highest BCUT2D eigenvalue weighted by Gasteiger charge is 2.18. The van der Waals surface area contributed by atoms with Gasteiger partial charge in [0.1, 0.15) is 11.5 Å². The summed E-state index contributed by atoms with van der Waals surface area (Å²) in [5.74, 6) is -0.514. The van der Waals surface area contributed by atoms with Gasteiger partial charge in [0.05, 0.1) is 17.4 Å². The largest absolute Gasteiger partial charge is 0.379 e. The van der Waals surface area contributed by atoms with Crippen LogP contribution in [0.3, 0.4) is 0 Å². The molecule has 3 aromatic rings. The maximum atomic E-state index is 13.3. The Morgan fingerprint density at radius 3 is 2.48 bits per heavy atom. The average molecular weight is 395 g/mol. The summed E-state index contributed by atoms with van der Waals surface area (Å²) in [6.07, 6.45) is 2.59. The maximum Gasteiger partial charge on any atom is 0.255 e. The number of aryl methyl sites for hydroxylation is 1. The quantitative estimate of drug-likeness (QED) is 0.570. The van der Waals surface area contributed by atoms with Gasteiger partial charge in [-0.1, -0.05) is 29.8 Å². The van der Waals surface area contributed by atoms with E-state index >= 15 is 0 Å². The van der Waals surface area contributed by atoms with Crippen molar-refractivity contribution in [2.24, 2.45) is 0 Å². The molecule has 2 aromatic carbocycles. The number of amides is 1. The van der Waals surface area contributed by atoms with E-state index in [2.05, 4.69) is 10.4 Å². The third-order valence-electron chi connectivity index (χ3n) is 4.43. The molecule has 0 atom stereocenters. The third-order valence-corrected chi connectivity index (χ3v) is 4.43. The van der Waals surface area contributed by atoms with Gasteiger partial charge in [-0.25, -0.2) is 9.07 Å². The lowest BCUT2D eigenvalue weighted by molar-refractivity contribution is 0.0757. The van der Waals surface area contributed by atoms with E-state index in [1.165, 1.54) is 12.1 Å². The molecule has 1 N–H and O–H groups in total. The zero-order valence-electron chi connectivity index (χ0n) is 17.0. The van der Waals surface area contributed by atoms with Gasteiger partial charge in [-0.3, -0.25) is 4.79 Å². The minimum atomic E-state index is -0.318. The van der Waals surface area contributed by atoms with Gasteiger partial charge < -0.3 is 10.1 Å². The molecular formula is C23H26FN3O2. The number of nitrogens with one attached hydrogen (secondary N) is 1. The summed E-state index contributed by atoms with van der Waals surface area (Å²) in [5.41, 5.74) is 3.73. The van der Waals surface area contributed by atoms with Gasteiger partial charge in [-0.05, 0) is 51.5 Å². The van der Waals surface area contributed by atoms with Crippen molar-refractivity contribution in [1.82, 2.24) is 15.1 Å². The van der Waals surface area contributed by atoms with Gasteiger partial charge in [0.25, 0.3) is 5.91 Å². The summed E-state index contributed by atoms with van der Waals surface area (Å²) in [6.45, 7) is 7.08. The van der Waals surface area contributed by atoms with Crippen molar-refractivity contribution in [1.29, 1.82) is 0 Å². The second kappa shape index (κ2) is 9.47. The molecular weight excluding hydrogens is 369 g/mol. The lowest BCUT2D eigenvalue weighted by Crippen LogP contribution is -2.25. The molecule has 0 saturated carbocycles. The van der Waals surface area contributed by atoms with Gasteiger partial charge in [0.2, 0.25) is 0 Å². The van der Waals surface area contributed by atoms with E-state index in [4.69, 9.17) is 4.74 Å². The normalized spacial score (nSPS) is 11.1. The number of halogens is 1. The summed E-state index contributed by atoms with van der Waals surface area (Å²) < 4.78 is 20.4. The Labute approximate surface area is 170 Å². The molecule has 0 aliphatic rings. The molecule has 152 valence electrons. The van der Waals surface area contributed by atoms with E-state index in [1.807, 2.05) is 45.0 Å². The first-order valence-corrected chi connectivity index (χ1v) is 9.76. The van der Waals surface area contributed by atoms with Gasteiger partial charge in [-0.15, -0.1) is 0 Å². The molecule has 0 spiro atoms. The van der Waals surface area contributed by atoms with Crippen LogP contribution in [0.5, 0.6) is 0 Å². The number of hydrogen-bond donors (Lipinski definition) is 1. The molecule has 0 aliphatic carbocycles. The van der Waals surface area contributed by atoms with E-state index in [0.29, 0.717) is 30.1 Å². The monoisotopic (exact) mass is 395 g/mol. The fourth-order valence-corrected chi connectivity index (χ4v) is 2.88. The van der Waals surface area contributed by atoms with Crippen LogP contribution < -0.4 is 5.32 Å². The number of benzene rings is 2. The molecule has 0 bridgehead atoms. The number of nitrogens with zero attached hydrogens (tertiary/aromatic N) is 2. The zero-order chi connectivity index (χ0) is 20.8. The summed E-state index contributed by atoms with van der Waals surface area (Å²) in [4.78, 5) is 12.8. The van der Waals surface area contributed by atoms with Crippen molar-refractivity contribution in [2.75, 3.05) is 13.2 Å². The Morgan fingerprint density at radius 2 is 1.83 bits per heavy atom. The highest BCUT2D eigenvalue weighted by molar-refractivity contribution is 5.99. The van der Waals surface area contributed by atoms with Crippen LogP contribution in [-0.4, -0.2) is 34.9 Å². The van der Waals surface area contributed by atoms with Crippen LogP contribution in [-0.2, 0) is 4.74 Å². The smallest absolute Gasteiger partial charge is 0.255 e. The third kappa shape index (κ3) is 5.51. The Hall–Kier alpha value is -2.99. The second-order valence-electron chi connectivity index (χ2n) is 7.21. The van der Waals surface area contributed by atoms with E-state index in [1.54, 1.807) is 23.0 Å². The Kier molecular flexibility index (Phi) is 6.77. The van der Waals surface area contributed by atoms with Crippen molar-refractivity contribution >= 4 is 5.91 Å². The highest BCUT2D eigenvalue weighted by Crippen LogP contribution is 2.24. The molecule has 0 unspecified atom stereocenters. The molecule has 6 heteroatoms. The molecule has 1 aromatic heterocycles.